The topological polar surface area (TPSA) is 86.6 Å². The molecule has 1 aromatic carbocycles. The Kier molecular flexibility index (Phi) is 4.21. The molecule has 0 fully saturated rings. The van der Waals surface area contributed by atoms with Gasteiger partial charge in [0.1, 0.15) is 12.0 Å². The van der Waals surface area contributed by atoms with Crippen molar-refractivity contribution in [3.63, 3.8) is 0 Å². The van der Waals surface area contributed by atoms with Gasteiger partial charge in [0.25, 0.3) is 10.0 Å². The summed E-state index contributed by atoms with van der Waals surface area (Å²) in [6, 6.07) is 2.61. The number of urea groups is 1. The van der Waals surface area contributed by atoms with Gasteiger partial charge >= 0.3 is 11.9 Å². The number of hydrogen-bond acceptors (Lipinski definition) is 4. The van der Waals surface area contributed by atoms with Crippen LogP contribution in [0.25, 0.3) is 0 Å². The standard InChI is InChI=1S/C12H12ClFN3O4S/c1-16-6-10(11(18)17(2)12(16)19)22(20,21)15-7-3-4-9(14)8(13)5-7/h3-6,10,15H,1-2H3/q+1. The van der Waals surface area contributed by atoms with Crippen molar-refractivity contribution >= 4 is 45.5 Å². The number of hydrogen-bond donors (Lipinski definition) is 1. The Morgan fingerprint density at radius 1 is 1.36 bits per heavy atom. The van der Waals surface area contributed by atoms with E-state index in [4.69, 9.17) is 11.6 Å². The third kappa shape index (κ3) is 2.95. The third-order valence-electron chi connectivity index (χ3n) is 3.04. The van der Waals surface area contributed by atoms with Crippen molar-refractivity contribution in [1.29, 1.82) is 0 Å². The second-order valence-electron chi connectivity index (χ2n) is 4.64. The van der Waals surface area contributed by atoms with Gasteiger partial charge in [0.2, 0.25) is 5.25 Å². The molecular formula is C12H12ClFN3O4S+. The number of sulfonamides is 1. The van der Waals surface area contributed by atoms with Gasteiger partial charge in [0.15, 0.2) is 0 Å². The van der Waals surface area contributed by atoms with E-state index >= 15 is 0 Å². The number of imide groups is 1. The number of rotatable bonds is 3. The quantitative estimate of drug-likeness (QED) is 0.822. The number of carbonyl (C=O) groups is 2. The summed E-state index contributed by atoms with van der Waals surface area (Å²) in [4.78, 5) is 24.3. The third-order valence-corrected chi connectivity index (χ3v) is 4.84. The van der Waals surface area contributed by atoms with Crippen LogP contribution in [0.1, 0.15) is 0 Å². The molecule has 1 aromatic rings. The molecular weight excluding hydrogens is 337 g/mol. The summed E-state index contributed by atoms with van der Waals surface area (Å²) in [6.07, 6.45) is 0.998. The van der Waals surface area contributed by atoms with E-state index in [0.717, 1.165) is 22.9 Å². The molecule has 0 aromatic heterocycles. The van der Waals surface area contributed by atoms with Crippen molar-refractivity contribution in [3.05, 3.63) is 29.0 Å². The van der Waals surface area contributed by atoms with E-state index in [0.29, 0.717) is 4.90 Å². The monoisotopic (exact) mass is 348 g/mol. The van der Waals surface area contributed by atoms with Crippen molar-refractivity contribution in [2.24, 2.45) is 0 Å². The maximum atomic E-state index is 13.1. The predicted octanol–water partition coefficient (Wildman–Crippen LogP) is 0.894. The fourth-order valence-corrected chi connectivity index (χ4v) is 3.38. The van der Waals surface area contributed by atoms with Crippen molar-refractivity contribution in [2.45, 2.75) is 5.25 Å². The number of nitrogens with zero attached hydrogens (tertiary/aromatic N) is 2. The van der Waals surface area contributed by atoms with Crippen LogP contribution >= 0.6 is 11.6 Å². The maximum Gasteiger partial charge on any atom is 0.500 e. The van der Waals surface area contributed by atoms with E-state index in [9.17, 15) is 22.4 Å². The Morgan fingerprint density at radius 2 is 2.00 bits per heavy atom. The Hall–Kier alpha value is -2.00. The summed E-state index contributed by atoms with van der Waals surface area (Å²) < 4.78 is 40.8. The Bertz CT molecular complexity index is 794. The Morgan fingerprint density at radius 3 is 2.59 bits per heavy atom. The highest BCUT2D eigenvalue weighted by Gasteiger charge is 2.46. The molecule has 1 atom stereocenters. The molecule has 1 unspecified atom stereocenters. The molecule has 0 aliphatic carbocycles. The lowest BCUT2D eigenvalue weighted by Gasteiger charge is -2.20. The van der Waals surface area contributed by atoms with Gasteiger partial charge in [-0.15, -0.1) is 0 Å². The zero-order chi connectivity index (χ0) is 16.7. The van der Waals surface area contributed by atoms with Gasteiger partial charge in [-0.3, -0.25) is 4.72 Å². The number of carbonyl (C=O) groups excluding carboxylic acids is 2. The number of anilines is 1. The maximum absolute atomic E-state index is 13.1. The van der Waals surface area contributed by atoms with Crippen LogP contribution < -0.4 is 4.72 Å². The molecule has 0 saturated carbocycles. The van der Waals surface area contributed by atoms with E-state index < -0.39 is 33.0 Å². The molecule has 1 aliphatic rings. The lowest BCUT2D eigenvalue weighted by atomic mass is 10.3. The van der Waals surface area contributed by atoms with Crippen molar-refractivity contribution in [2.75, 3.05) is 18.8 Å². The molecule has 22 heavy (non-hydrogen) atoms. The highest BCUT2D eigenvalue weighted by Crippen LogP contribution is 2.21. The van der Waals surface area contributed by atoms with E-state index in [-0.39, 0.29) is 10.7 Å². The van der Waals surface area contributed by atoms with Crippen LogP contribution in [0, 0.1) is 5.82 Å². The van der Waals surface area contributed by atoms with E-state index in [1.807, 2.05) is 0 Å². The van der Waals surface area contributed by atoms with Gasteiger partial charge in [-0.05, 0) is 18.2 Å². The summed E-state index contributed by atoms with van der Waals surface area (Å²) in [7, 11) is -1.65. The second kappa shape index (κ2) is 5.65. The minimum absolute atomic E-state index is 0.00908. The number of amides is 3. The largest absolute Gasteiger partial charge is 0.500 e. The molecule has 118 valence electrons. The number of benzene rings is 1. The molecule has 2 rings (SSSR count). The molecule has 0 spiro atoms. The van der Waals surface area contributed by atoms with Gasteiger partial charge in [-0.1, -0.05) is 11.6 Å². The SMILES string of the molecule is CN1C(=O)C(S(=O)(=O)Nc2ccc(F)c(Cl)c2)C=[N+](C)C1=O. The van der Waals surface area contributed by atoms with Crippen LogP contribution in [0.3, 0.4) is 0 Å². The molecule has 3 amide bonds. The van der Waals surface area contributed by atoms with Crippen LogP contribution in [0.2, 0.25) is 5.02 Å². The normalized spacial score (nSPS) is 19.2. The van der Waals surface area contributed by atoms with Crippen LogP contribution in [0.5, 0.6) is 0 Å². The molecule has 0 saturated heterocycles. The first-order chi connectivity index (χ1) is 10.1. The molecule has 1 heterocycles. The Balaban J connectivity index is 2.36. The van der Waals surface area contributed by atoms with Crippen LogP contribution in [-0.4, -0.2) is 55.4 Å². The Labute approximate surface area is 131 Å². The van der Waals surface area contributed by atoms with Crippen LogP contribution in [0.15, 0.2) is 18.2 Å². The summed E-state index contributed by atoms with van der Waals surface area (Å²) in [6.45, 7) is 0. The fraction of sp³-hybridized carbons (Fsp3) is 0.250. The first-order valence-electron chi connectivity index (χ1n) is 5.99. The van der Waals surface area contributed by atoms with E-state index in [1.165, 1.54) is 20.2 Å². The van der Waals surface area contributed by atoms with Crippen LogP contribution in [-0.2, 0) is 14.8 Å². The first kappa shape index (κ1) is 16.4. The van der Waals surface area contributed by atoms with Crippen molar-refractivity contribution in [1.82, 2.24) is 4.90 Å². The first-order valence-corrected chi connectivity index (χ1v) is 7.92. The van der Waals surface area contributed by atoms with Gasteiger partial charge < -0.3 is 0 Å². The van der Waals surface area contributed by atoms with Crippen molar-refractivity contribution in [3.8, 4) is 0 Å². The minimum Gasteiger partial charge on any atom is -0.282 e. The highest BCUT2D eigenvalue weighted by atomic mass is 35.5. The van der Waals surface area contributed by atoms with Gasteiger partial charge in [0.05, 0.1) is 24.8 Å². The van der Waals surface area contributed by atoms with Gasteiger partial charge in [-0.2, -0.15) is 9.69 Å². The number of halogens is 2. The average Bonchev–Trinajstić information content (AvgIpc) is 2.44. The van der Waals surface area contributed by atoms with Gasteiger partial charge in [0, 0.05) is 0 Å². The highest BCUT2D eigenvalue weighted by molar-refractivity contribution is 7.94. The zero-order valence-electron chi connectivity index (χ0n) is 11.6. The minimum atomic E-state index is -4.18. The van der Waals surface area contributed by atoms with Crippen LogP contribution in [0.4, 0.5) is 14.9 Å². The second-order valence-corrected chi connectivity index (χ2v) is 6.85. The van der Waals surface area contributed by atoms with E-state index in [1.54, 1.807) is 0 Å². The molecule has 0 radical (unpaired) electrons. The van der Waals surface area contributed by atoms with E-state index in [2.05, 4.69) is 4.72 Å². The predicted molar refractivity (Wildman–Crippen MR) is 78.2 cm³/mol. The lowest BCUT2D eigenvalue weighted by Crippen LogP contribution is -2.54. The average molecular weight is 349 g/mol. The van der Waals surface area contributed by atoms with Crippen molar-refractivity contribution < 1.29 is 27.0 Å². The van der Waals surface area contributed by atoms with Gasteiger partial charge in [-0.25, -0.2) is 22.2 Å². The molecule has 0 bridgehead atoms. The molecule has 10 heteroatoms. The fourth-order valence-electron chi connectivity index (χ4n) is 1.85. The summed E-state index contributed by atoms with van der Waals surface area (Å²) in [5.41, 5.74) is 0.00908. The molecule has 7 nitrogen and oxygen atoms in total. The molecule has 1 N–H and O–H groups in total. The summed E-state index contributed by atoms with van der Waals surface area (Å²) in [5.74, 6) is -1.58. The molecule has 1 aliphatic heterocycles. The smallest absolute Gasteiger partial charge is 0.282 e. The summed E-state index contributed by atoms with van der Waals surface area (Å²) >= 11 is 5.58. The summed E-state index contributed by atoms with van der Waals surface area (Å²) in [5, 5.41) is -1.84. The number of nitrogens with one attached hydrogen (secondary N) is 1. The lowest BCUT2D eigenvalue weighted by molar-refractivity contribution is -0.399. The zero-order valence-corrected chi connectivity index (χ0v) is 13.2.